The van der Waals surface area contributed by atoms with E-state index in [-0.39, 0.29) is 56.8 Å². The van der Waals surface area contributed by atoms with Gasteiger partial charge in [0, 0.05) is 136 Å². The van der Waals surface area contributed by atoms with Gasteiger partial charge in [0.05, 0.1) is 69.2 Å². The number of carbonyl (C=O) groups excluding carboxylic acids is 2. The molecule has 562 valence electrons. The quantitative estimate of drug-likeness (QED) is 0.0313. The number of aliphatic hydroxyl groups is 3. The fourth-order valence-electron chi connectivity index (χ4n) is 12.5. The van der Waals surface area contributed by atoms with Gasteiger partial charge in [0.2, 0.25) is 5.95 Å². The number of hydrogen-bond donors (Lipinski definition) is 6. The topological polar surface area (TPSA) is 238 Å². The van der Waals surface area contributed by atoms with Crippen molar-refractivity contribution in [2.24, 2.45) is 11.8 Å². The number of amides is 4. The van der Waals surface area contributed by atoms with Crippen LogP contribution in [0.3, 0.4) is 0 Å². The summed E-state index contributed by atoms with van der Waals surface area (Å²) in [6, 6.07) is 22.8. The average molecular weight is 1690 g/mol. The third-order valence-electron chi connectivity index (χ3n) is 19.5. The number of nitrogens with one attached hydrogen (secondary N) is 3. The fraction of sp³-hybridized carbons (Fsp3) is 0.586. The SMILES string of the molecule is CC[C@@H]1CCN(C(=O)Nc2ccc(C)c(-c3cc(N4CCOCC4)nc(N4CC(O)C4)c3)c2)C1.Cc1ccc(NC(=O)N2CC[C@@H](CC(F)(F)F)C2)cc1B1OC(C)(C)C(C)(C)O1.Cl.Fc1cc(I)cc(N2CCOCC2)n1.OC1CN(c2cc(I)cc(N3CCOCC3)n2)C1.OC1CNC1.S. The molecule has 9 fully saturated rings. The Balaban J connectivity index is 0.000000175. The van der Waals surface area contributed by atoms with Gasteiger partial charge in [0.25, 0.3) is 0 Å². The van der Waals surface area contributed by atoms with E-state index in [9.17, 15) is 37.4 Å². The van der Waals surface area contributed by atoms with E-state index in [0.29, 0.717) is 83.0 Å². The number of morpholine rings is 3. The van der Waals surface area contributed by atoms with E-state index in [1.54, 1.807) is 12.1 Å². The summed E-state index contributed by atoms with van der Waals surface area (Å²) in [5.74, 6) is 4.13. The molecule has 14 rings (SSSR count). The number of hydrogen-bond acceptors (Lipinski definition) is 19. The van der Waals surface area contributed by atoms with Crippen molar-refractivity contribution in [2.75, 3.05) is 179 Å². The zero-order valence-electron chi connectivity index (χ0n) is 59.1. The Morgan fingerprint density at radius 2 is 0.980 bits per heavy atom. The predicted molar refractivity (Wildman–Crippen MR) is 416 cm³/mol. The van der Waals surface area contributed by atoms with Gasteiger partial charge in [-0.3, -0.25) is 0 Å². The molecule has 0 radical (unpaired) electrons. The van der Waals surface area contributed by atoms with Crippen molar-refractivity contribution in [3.8, 4) is 11.1 Å². The van der Waals surface area contributed by atoms with Gasteiger partial charge in [0.1, 0.15) is 29.1 Å². The maximum atomic E-state index is 13.0. The van der Waals surface area contributed by atoms with Crippen LogP contribution in [0, 0.1) is 38.8 Å². The second-order valence-corrected chi connectivity index (χ2v) is 30.2. The standard InChI is InChI=1S/C26H35N5O3.C20H28BF3N2O3.C12H16IN3O2.C9H10FIN2O.C3H7NO.ClH.H2S/c1-3-19-6-7-30(15-19)26(33)27-21-5-4-18(2)23(14-21)20-12-24(29-8-10-34-11-9-29)28-25(13-20)31-16-22(32)17-31;1-13-6-7-15(10-16(13)21-28-18(2,3)19(4,5)29-21)25-17(27)26-9-8-14(12-26)11-20(22,23)24;13-9-5-11(15-1-3-18-4-2-15)14-12(6-9)16-7-10(17)8-16;10-8-5-7(11)6-9(12-8)13-1-3-14-4-2-13;5-3-1-4-2-3;;/h4-5,12-14,19,22,32H,3,6-11,15-17H2,1-2H3,(H,27,33);6-7,10,14H,8-9,11-12H2,1-5H3,(H,25,27);5-6,10,17H,1-4,7-8H2;5-6H,1-4H2;3-5H,1-2H2;1H;1H2/t19-;14-;;;;;/m10...../s1. The number of β-amino-alcohol motifs (C(OH)–C–C–N with tert-alkyl or cyclic N) is 3. The Morgan fingerprint density at radius 1 is 0.578 bits per heavy atom. The number of anilines is 7. The first-order valence-corrected chi connectivity index (χ1v) is 36.8. The van der Waals surface area contributed by atoms with Crippen LogP contribution >= 0.6 is 71.1 Å². The van der Waals surface area contributed by atoms with Crippen LogP contribution in [-0.2, 0) is 23.5 Å². The van der Waals surface area contributed by atoms with E-state index >= 15 is 0 Å². The molecule has 5 aromatic rings. The minimum Gasteiger partial charge on any atom is -0.399 e. The second-order valence-electron chi connectivity index (χ2n) is 27.7. The highest BCUT2D eigenvalue weighted by molar-refractivity contribution is 14.1. The molecule has 0 unspecified atom stereocenters. The molecule has 2 aromatic carbocycles. The average Bonchev–Trinajstić information content (AvgIpc) is 1.52. The minimum absolute atomic E-state index is 0. The van der Waals surface area contributed by atoms with Gasteiger partial charge >= 0.3 is 25.4 Å². The fourth-order valence-corrected chi connectivity index (χ4v) is 13.6. The second kappa shape index (κ2) is 37.5. The van der Waals surface area contributed by atoms with Gasteiger partial charge in [-0.05, 0) is 188 Å². The predicted octanol–water partition coefficient (Wildman–Crippen LogP) is 9.29. The maximum absolute atomic E-state index is 13.0. The van der Waals surface area contributed by atoms with Crippen molar-refractivity contribution in [1.29, 1.82) is 0 Å². The van der Waals surface area contributed by atoms with Crippen LogP contribution in [0.1, 0.15) is 71.4 Å². The normalized spacial score (nSPS) is 21.0. The van der Waals surface area contributed by atoms with E-state index in [0.717, 1.165) is 152 Å². The first-order chi connectivity index (χ1) is 47.6. The molecule has 102 heavy (non-hydrogen) atoms. The lowest BCUT2D eigenvalue weighted by atomic mass is 9.76. The minimum atomic E-state index is -4.20. The highest BCUT2D eigenvalue weighted by Gasteiger charge is 2.52. The molecule has 9 saturated heterocycles. The zero-order chi connectivity index (χ0) is 71.5. The van der Waals surface area contributed by atoms with Crippen molar-refractivity contribution in [3.63, 3.8) is 0 Å². The van der Waals surface area contributed by atoms with E-state index < -0.39 is 48.8 Å². The summed E-state index contributed by atoms with van der Waals surface area (Å²) < 4.78 is 81.1. The molecule has 9 aliphatic rings. The molecule has 0 spiro atoms. The number of aryl methyl sites for hydroxylation is 2. The first kappa shape index (κ1) is 82.6. The number of benzene rings is 2. The Kier molecular flexibility index (Phi) is 30.3. The first-order valence-electron chi connectivity index (χ1n) is 34.7. The molecule has 9 aliphatic heterocycles. The summed E-state index contributed by atoms with van der Waals surface area (Å²) in [5.41, 5.74) is 5.46. The third kappa shape index (κ3) is 23.0. The lowest BCUT2D eigenvalue weighted by molar-refractivity contribution is -0.143. The number of aromatic nitrogens is 3. The number of halogens is 7. The lowest BCUT2D eigenvalue weighted by Crippen LogP contribution is -2.51. The number of ether oxygens (including phenoxy) is 3. The van der Waals surface area contributed by atoms with Gasteiger partial charge in [-0.2, -0.15) is 31.1 Å². The van der Waals surface area contributed by atoms with Crippen molar-refractivity contribution >= 4 is 136 Å². The molecule has 3 aromatic heterocycles. The number of carbonyl (C=O) groups is 2. The molecule has 2 atom stereocenters. The number of likely N-dealkylation sites (tertiary alicyclic amines) is 2. The van der Waals surface area contributed by atoms with Crippen LogP contribution in [0.15, 0.2) is 72.8 Å². The number of pyridine rings is 3. The number of aliphatic hydroxyl groups excluding tert-OH is 3. The summed E-state index contributed by atoms with van der Waals surface area (Å²) in [6.45, 7) is 29.6. The lowest BCUT2D eigenvalue weighted by Gasteiger charge is -2.38. The smallest absolute Gasteiger partial charge is 0.399 e. The Hall–Kier alpha value is -5.05. The molecule has 0 aliphatic carbocycles. The molecule has 6 N–H and O–H groups in total. The molecule has 32 heteroatoms. The summed E-state index contributed by atoms with van der Waals surface area (Å²) in [4.78, 5) is 53.0. The van der Waals surface area contributed by atoms with Crippen molar-refractivity contribution in [2.45, 2.75) is 110 Å². The number of alkyl halides is 3. The molecular formula is C70H99BClF4I2N13O10S. The summed E-state index contributed by atoms with van der Waals surface area (Å²) in [5, 5.41) is 36.4. The van der Waals surface area contributed by atoms with Crippen LogP contribution in [0.25, 0.3) is 11.1 Å². The number of rotatable bonds is 11. The van der Waals surface area contributed by atoms with Crippen LogP contribution in [0.2, 0.25) is 0 Å². The van der Waals surface area contributed by atoms with Gasteiger partial charge in [-0.15, -0.1) is 12.4 Å². The van der Waals surface area contributed by atoms with Crippen LogP contribution in [0.4, 0.5) is 67.6 Å². The van der Waals surface area contributed by atoms with Crippen molar-refractivity contribution in [1.82, 2.24) is 30.1 Å². The van der Waals surface area contributed by atoms with E-state index in [1.807, 2.05) is 62.6 Å². The monoisotopic (exact) mass is 1690 g/mol. The Labute approximate surface area is 637 Å². The molecule has 4 amide bonds. The highest BCUT2D eigenvalue weighted by atomic mass is 127. The largest absolute Gasteiger partial charge is 0.495 e. The van der Waals surface area contributed by atoms with Crippen LogP contribution in [0.5, 0.6) is 0 Å². The number of nitrogens with zero attached hydrogens (tertiary/aromatic N) is 10. The third-order valence-corrected chi connectivity index (χ3v) is 20.8. The summed E-state index contributed by atoms with van der Waals surface area (Å²) in [7, 11) is -0.556. The zero-order valence-corrected chi connectivity index (χ0v) is 65.3. The summed E-state index contributed by atoms with van der Waals surface area (Å²) in [6.07, 6.45) is -3.04. The van der Waals surface area contributed by atoms with E-state index in [1.165, 1.54) is 14.5 Å². The van der Waals surface area contributed by atoms with Gasteiger partial charge in [-0.25, -0.2) is 24.5 Å². The molecular weight excluding hydrogens is 1590 g/mol. The molecule has 0 saturated carbocycles. The molecule has 23 nitrogen and oxygen atoms in total. The van der Waals surface area contributed by atoms with Gasteiger partial charge in [0.15, 0.2) is 0 Å². The van der Waals surface area contributed by atoms with Crippen molar-refractivity contribution in [3.05, 3.63) is 97.0 Å². The Bertz CT molecular complexity index is 3520. The van der Waals surface area contributed by atoms with Gasteiger partial charge < -0.3 is 89.1 Å². The van der Waals surface area contributed by atoms with Gasteiger partial charge in [-0.1, -0.05) is 31.0 Å². The maximum Gasteiger partial charge on any atom is 0.495 e. The number of urea groups is 2. The van der Waals surface area contributed by atoms with Crippen LogP contribution < -0.4 is 45.9 Å². The molecule has 0 bridgehead atoms. The highest BCUT2D eigenvalue weighted by Crippen LogP contribution is 2.38. The summed E-state index contributed by atoms with van der Waals surface area (Å²) >= 11 is 4.41. The van der Waals surface area contributed by atoms with E-state index in [4.69, 9.17) is 38.6 Å². The molecule has 12 heterocycles. The van der Waals surface area contributed by atoms with E-state index in [2.05, 4.69) is 136 Å². The van der Waals surface area contributed by atoms with Crippen molar-refractivity contribution < 1.29 is 66.0 Å². The van der Waals surface area contributed by atoms with Crippen LogP contribution in [-0.4, -0.2) is 239 Å². The Morgan fingerprint density at radius 3 is 1.40 bits per heavy atom.